The molecular formula is C11H11NO. The van der Waals surface area contributed by atoms with Crippen LogP contribution in [0.3, 0.4) is 0 Å². The highest BCUT2D eigenvalue weighted by Gasteiger charge is 1.88. The summed E-state index contributed by atoms with van der Waals surface area (Å²) in [6.07, 6.45) is 5.55. The molecule has 0 aliphatic carbocycles. The molecule has 0 heterocycles. The van der Waals surface area contributed by atoms with Crippen molar-refractivity contribution in [2.45, 2.75) is 13.3 Å². The molecule has 0 aliphatic heterocycles. The predicted octanol–water partition coefficient (Wildman–Crippen LogP) is 2.39. The number of rotatable bonds is 3. The van der Waals surface area contributed by atoms with Gasteiger partial charge in [-0.25, -0.2) is 4.79 Å². The first-order valence-corrected chi connectivity index (χ1v) is 4.10. The van der Waals surface area contributed by atoms with E-state index in [1.807, 2.05) is 18.2 Å². The summed E-state index contributed by atoms with van der Waals surface area (Å²) in [4.78, 5) is 13.1. The minimum absolute atomic E-state index is 0.798. The zero-order valence-electron chi connectivity index (χ0n) is 7.53. The van der Waals surface area contributed by atoms with Gasteiger partial charge in [-0.3, -0.25) is 0 Å². The Bertz CT molecular complexity index is 349. The van der Waals surface area contributed by atoms with Crippen LogP contribution in [0.4, 0.5) is 0 Å². The number of aryl methyl sites for hydroxylation is 1. The van der Waals surface area contributed by atoms with E-state index in [4.69, 9.17) is 0 Å². The monoisotopic (exact) mass is 173 g/mol. The molecule has 0 amide bonds. The van der Waals surface area contributed by atoms with Crippen LogP contribution < -0.4 is 0 Å². The number of allylic oxidation sites excluding steroid dienone is 1. The maximum atomic E-state index is 9.73. The van der Waals surface area contributed by atoms with Crippen LogP contribution >= 0.6 is 0 Å². The molecular weight excluding hydrogens is 162 g/mol. The summed E-state index contributed by atoms with van der Waals surface area (Å²) in [6.45, 7) is 2.05. The molecule has 1 aromatic carbocycles. The first kappa shape index (κ1) is 9.43. The van der Waals surface area contributed by atoms with Gasteiger partial charge in [0.1, 0.15) is 0 Å². The summed E-state index contributed by atoms with van der Waals surface area (Å²) < 4.78 is 0. The highest BCUT2D eigenvalue weighted by Crippen LogP contribution is 2.04. The maximum absolute atomic E-state index is 9.73. The van der Waals surface area contributed by atoms with E-state index in [2.05, 4.69) is 24.0 Å². The van der Waals surface area contributed by atoms with Gasteiger partial charge in [-0.1, -0.05) is 35.9 Å². The van der Waals surface area contributed by atoms with Crippen molar-refractivity contribution in [1.29, 1.82) is 0 Å². The van der Waals surface area contributed by atoms with Crippen LogP contribution in [0, 0.1) is 6.92 Å². The third kappa shape index (κ3) is 3.50. The van der Waals surface area contributed by atoms with Crippen molar-refractivity contribution in [2.24, 2.45) is 4.99 Å². The molecule has 0 atom stereocenters. The molecule has 66 valence electrons. The Morgan fingerprint density at radius 2 is 2.38 bits per heavy atom. The van der Waals surface area contributed by atoms with Crippen molar-refractivity contribution in [1.82, 2.24) is 0 Å². The Kier molecular flexibility index (Phi) is 3.68. The number of hydrogen-bond acceptors (Lipinski definition) is 2. The molecule has 0 spiro atoms. The van der Waals surface area contributed by atoms with Crippen LogP contribution in [0.15, 0.2) is 41.5 Å². The largest absolute Gasteiger partial charge is 0.239 e. The average Bonchev–Trinajstić information content (AvgIpc) is 2.13. The summed E-state index contributed by atoms with van der Waals surface area (Å²) in [5, 5.41) is 0. The van der Waals surface area contributed by atoms with Crippen molar-refractivity contribution >= 4 is 6.08 Å². The lowest BCUT2D eigenvalue weighted by Gasteiger charge is -1.96. The first-order valence-electron chi connectivity index (χ1n) is 4.10. The summed E-state index contributed by atoms with van der Waals surface area (Å²) in [5.74, 6) is 0. The smallest absolute Gasteiger partial charge is 0.211 e. The van der Waals surface area contributed by atoms with Crippen molar-refractivity contribution in [3.8, 4) is 0 Å². The Morgan fingerprint density at radius 1 is 1.54 bits per heavy atom. The molecule has 2 nitrogen and oxygen atoms in total. The highest BCUT2D eigenvalue weighted by atomic mass is 16.1. The van der Waals surface area contributed by atoms with Gasteiger partial charge in [-0.2, -0.15) is 4.99 Å². The SMILES string of the molecule is Cc1cccc(C/C=C\N=C=O)c1. The zero-order valence-corrected chi connectivity index (χ0v) is 7.53. The van der Waals surface area contributed by atoms with Crippen molar-refractivity contribution in [3.05, 3.63) is 47.7 Å². The molecule has 0 bridgehead atoms. The van der Waals surface area contributed by atoms with Crippen LogP contribution in [0.2, 0.25) is 0 Å². The van der Waals surface area contributed by atoms with Crippen LogP contribution in [-0.4, -0.2) is 6.08 Å². The quantitative estimate of drug-likeness (QED) is 0.509. The normalized spacial score (nSPS) is 9.92. The predicted molar refractivity (Wildman–Crippen MR) is 52.1 cm³/mol. The molecule has 0 N–H and O–H groups in total. The van der Waals surface area contributed by atoms with Gasteiger partial charge in [0.25, 0.3) is 0 Å². The van der Waals surface area contributed by atoms with Gasteiger partial charge >= 0.3 is 0 Å². The lowest BCUT2D eigenvalue weighted by Crippen LogP contribution is -1.81. The van der Waals surface area contributed by atoms with Gasteiger partial charge in [0.05, 0.1) is 0 Å². The number of isocyanates is 1. The Hall–Kier alpha value is -1.66. The van der Waals surface area contributed by atoms with E-state index >= 15 is 0 Å². The molecule has 0 aromatic heterocycles. The lowest BCUT2D eigenvalue weighted by molar-refractivity contribution is 0.565. The number of aliphatic imine (C=N–C) groups is 1. The van der Waals surface area contributed by atoms with Crippen LogP contribution in [0.25, 0.3) is 0 Å². The van der Waals surface area contributed by atoms with Crippen LogP contribution in [-0.2, 0) is 11.2 Å². The first-order chi connectivity index (χ1) is 6.33. The number of carbonyl (C=O) groups excluding carboxylic acids is 1. The van der Waals surface area contributed by atoms with E-state index in [0.717, 1.165) is 6.42 Å². The van der Waals surface area contributed by atoms with Crippen LogP contribution in [0.1, 0.15) is 11.1 Å². The molecule has 0 unspecified atom stereocenters. The Labute approximate surface area is 77.6 Å². The molecule has 0 fully saturated rings. The molecule has 1 rings (SSSR count). The summed E-state index contributed by atoms with van der Waals surface area (Å²) in [7, 11) is 0. The van der Waals surface area contributed by atoms with Gasteiger partial charge in [-0.05, 0) is 18.9 Å². The topological polar surface area (TPSA) is 29.4 Å². The van der Waals surface area contributed by atoms with E-state index < -0.39 is 0 Å². The molecule has 2 heteroatoms. The highest BCUT2D eigenvalue weighted by molar-refractivity contribution is 5.34. The standard InChI is InChI=1S/C11H11NO/c1-10-4-2-5-11(8-10)6-3-7-12-9-13/h2-5,7-8H,6H2,1H3/b7-3-. The van der Waals surface area contributed by atoms with Gasteiger partial charge in [0.2, 0.25) is 6.08 Å². The Morgan fingerprint density at radius 3 is 3.08 bits per heavy atom. The molecule has 13 heavy (non-hydrogen) atoms. The summed E-state index contributed by atoms with van der Waals surface area (Å²) >= 11 is 0. The van der Waals surface area contributed by atoms with Gasteiger partial charge in [0, 0.05) is 6.20 Å². The maximum Gasteiger partial charge on any atom is 0.239 e. The second-order valence-corrected chi connectivity index (χ2v) is 2.80. The molecule has 0 saturated carbocycles. The number of hydrogen-bond donors (Lipinski definition) is 0. The lowest BCUT2D eigenvalue weighted by atomic mass is 10.1. The Balaban J connectivity index is 2.59. The summed E-state index contributed by atoms with van der Waals surface area (Å²) in [5.41, 5.74) is 2.46. The fourth-order valence-corrected chi connectivity index (χ4v) is 1.11. The zero-order chi connectivity index (χ0) is 9.52. The third-order valence-corrected chi connectivity index (χ3v) is 1.67. The minimum Gasteiger partial charge on any atom is -0.211 e. The third-order valence-electron chi connectivity index (χ3n) is 1.67. The second kappa shape index (κ2) is 5.07. The minimum atomic E-state index is 0.798. The molecule has 0 radical (unpaired) electrons. The number of nitrogens with zero attached hydrogens (tertiary/aromatic N) is 1. The molecule has 0 aliphatic rings. The van der Waals surface area contributed by atoms with E-state index in [1.165, 1.54) is 23.4 Å². The van der Waals surface area contributed by atoms with E-state index in [9.17, 15) is 4.79 Å². The van der Waals surface area contributed by atoms with Gasteiger partial charge < -0.3 is 0 Å². The van der Waals surface area contributed by atoms with Crippen molar-refractivity contribution < 1.29 is 4.79 Å². The van der Waals surface area contributed by atoms with E-state index in [0.29, 0.717) is 0 Å². The van der Waals surface area contributed by atoms with E-state index in [1.54, 1.807) is 0 Å². The second-order valence-electron chi connectivity index (χ2n) is 2.80. The summed E-state index contributed by atoms with van der Waals surface area (Å²) in [6, 6.07) is 8.22. The van der Waals surface area contributed by atoms with Crippen LogP contribution in [0.5, 0.6) is 0 Å². The molecule has 1 aromatic rings. The van der Waals surface area contributed by atoms with E-state index in [-0.39, 0.29) is 0 Å². The van der Waals surface area contributed by atoms with Gasteiger partial charge in [0.15, 0.2) is 0 Å². The van der Waals surface area contributed by atoms with Crippen molar-refractivity contribution in [2.75, 3.05) is 0 Å². The average molecular weight is 173 g/mol. The van der Waals surface area contributed by atoms with Crippen molar-refractivity contribution in [3.63, 3.8) is 0 Å². The number of benzene rings is 1. The fraction of sp³-hybridized carbons (Fsp3) is 0.182. The molecule has 0 saturated heterocycles. The van der Waals surface area contributed by atoms with Gasteiger partial charge in [-0.15, -0.1) is 0 Å². The fourth-order valence-electron chi connectivity index (χ4n) is 1.11.